The normalized spacial score (nSPS) is 11.1. The maximum Gasteiger partial charge on any atom is 0.307 e. The van der Waals surface area contributed by atoms with Gasteiger partial charge in [-0.1, -0.05) is 31.2 Å². The molecule has 0 radical (unpaired) electrons. The number of esters is 1. The summed E-state index contributed by atoms with van der Waals surface area (Å²) in [6.07, 6.45) is 0.689. The fourth-order valence-corrected chi connectivity index (χ4v) is 3.51. The van der Waals surface area contributed by atoms with Gasteiger partial charge in [0.15, 0.2) is 12.4 Å². The Morgan fingerprint density at radius 3 is 2.21 bits per heavy atom. The van der Waals surface area contributed by atoms with Gasteiger partial charge in [-0.15, -0.1) is 0 Å². The molecule has 0 bridgehead atoms. The van der Waals surface area contributed by atoms with Gasteiger partial charge in [0.1, 0.15) is 5.75 Å². The van der Waals surface area contributed by atoms with Crippen molar-refractivity contribution in [3.63, 3.8) is 0 Å². The molecule has 0 saturated heterocycles. The summed E-state index contributed by atoms with van der Waals surface area (Å²) < 4.78 is 37.0. The molecule has 0 aliphatic carbocycles. The second kappa shape index (κ2) is 10.7. The fourth-order valence-electron chi connectivity index (χ4n) is 2.48. The molecule has 0 aliphatic rings. The average molecular weight is 419 g/mol. The first-order chi connectivity index (χ1) is 13.9. The van der Waals surface area contributed by atoms with Crippen LogP contribution in [0.15, 0.2) is 53.4 Å². The van der Waals surface area contributed by atoms with Crippen molar-refractivity contribution in [2.24, 2.45) is 0 Å². The Balaban J connectivity index is 1.77. The van der Waals surface area contributed by atoms with Gasteiger partial charge in [0.05, 0.1) is 17.9 Å². The van der Waals surface area contributed by atoms with E-state index in [1.165, 1.54) is 12.1 Å². The van der Waals surface area contributed by atoms with Crippen LogP contribution in [0.5, 0.6) is 5.75 Å². The van der Waals surface area contributed by atoms with Crippen molar-refractivity contribution in [2.45, 2.75) is 31.6 Å². The molecule has 0 unspecified atom stereocenters. The lowest BCUT2D eigenvalue weighted by Gasteiger charge is -2.08. The standard InChI is InChI=1S/C21H25NO6S/c1-3-16-5-7-17(8-6-16)20(23)15-28-21(24)13-14-22-29(25,26)19-11-9-18(10-12-19)27-4-2/h5-12,22H,3-4,13-15H2,1-2H3. The first kappa shape index (κ1) is 22.6. The number of sulfonamides is 1. The zero-order valence-corrected chi connectivity index (χ0v) is 17.3. The van der Waals surface area contributed by atoms with E-state index < -0.39 is 16.0 Å². The summed E-state index contributed by atoms with van der Waals surface area (Å²) in [5.41, 5.74) is 1.57. The summed E-state index contributed by atoms with van der Waals surface area (Å²) >= 11 is 0. The SMILES string of the molecule is CCOc1ccc(S(=O)(=O)NCCC(=O)OCC(=O)c2ccc(CC)cc2)cc1. The molecule has 8 heteroatoms. The number of nitrogens with one attached hydrogen (secondary N) is 1. The van der Waals surface area contributed by atoms with Crippen LogP contribution in [-0.2, 0) is 26.0 Å². The number of ketones is 1. The van der Waals surface area contributed by atoms with Crippen molar-refractivity contribution in [2.75, 3.05) is 19.8 Å². The number of aryl methyl sites for hydroxylation is 1. The maximum absolute atomic E-state index is 12.2. The summed E-state index contributed by atoms with van der Waals surface area (Å²) in [6, 6.07) is 13.1. The van der Waals surface area contributed by atoms with Gasteiger partial charge in [-0.05, 0) is 43.2 Å². The third-order valence-electron chi connectivity index (χ3n) is 4.11. The fraction of sp³-hybridized carbons (Fsp3) is 0.333. The van der Waals surface area contributed by atoms with Gasteiger partial charge in [-0.25, -0.2) is 13.1 Å². The van der Waals surface area contributed by atoms with Crippen LogP contribution in [-0.4, -0.2) is 39.9 Å². The van der Waals surface area contributed by atoms with Crippen LogP contribution >= 0.6 is 0 Å². The minimum atomic E-state index is -3.75. The highest BCUT2D eigenvalue weighted by molar-refractivity contribution is 7.89. The van der Waals surface area contributed by atoms with Crippen molar-refractivity contribution < 1.29 is 27.5 Å². The van der Waals surface area contributed by atoms with E-state index in [4.69, 9.17) is 9.47 Å². The van der Waals surface area contributed by atoms with Crippen molar-refractivity contribution in [3.8, 4) is 5.75 Å². The quantitative estimate of drug-likeness (QED) is 0.444. The highest BCUT2D eigenvalue weighted by Crippen LogP contribution is 2.15. The van der Waals surface area contributed by atoms with Gasteiger partial charge in [0, 0.05) is 12.1 Å². The molecule has 0 fully saturated rings. The van der Waals surface area contributed by atoms with Crippen LogP contribution in [0.1, 0.15) is 36.2 Å². The highest BCUT2D eigenvalue weighted by atomic mass is 32.2. The minimum absolute atomic E-state index is 0.0695. The smallest absolute Gasteiger partial charge is 0.307 e. The number of rotatable bonds is 11. The summed E-state index contributed by atoms with van der Waals surface area (Å²) in [4.78, 5) is 23.9. The van der Waals surface area contributed by atoms with Crippen LogP contribution in [0.2, 0.25) is 0 Å². The van der Waals surface area contributed by atoms with Crippen LogP contribution in [0, 0.1) is 0 Å². The highest BCUT2D eigenvalue weighted by Gasteiger charge is 2.15. The second-order valence-corrected chi connectivity index (χ2v) is 7.95. The molecule has 7 nitrogen and oxygen atoms in total. The minimum Gasteiger partial charge on any atom is -0.494 e. The van der Waals surface area contributed by atoms with Crippen molar-refractivity contribution >= 4 is 21.8 Å². The lowest BCUT2D eigenvalue weighted by atomic mass is 10.1. The Labute approximate surface area is 171 Å². The van der Waals surface area contributed by atoms with Gasteiger partial charge in [0.25, 0.3) is 0 Å². The molecule has 0 spiro atoms. The molecular formula is C21H25NO6S. The third-order valence-corrected chi connectivity index (χ3v) is 5.59. The summed E-state index contributed by atoms with van der Waals surface area (Å²) in [5.74, 6) is -0.391. The van der Waals surface area contributed by atoms with Crippen molar-refractivity contribution in [1.82, 2.24) is 4.72 Å². The lowest BCUT2D eigenvalue weighted by molar-refractivity contribution is -0.142. The molecule has 0 aliphatic heterocycles. The molecule has 0 aromatic heterocycles. The van der Waals surface area contributed by atoms with Gasteiger partial charge in [-0.3, -0.25) is 9.59 Å². The topological polar surface area (TPSA) is 98.8 Å². The van der Waals surface area contributed by atoms with Crippen LogP contribution < -0.4 is 9.46 Å². The molecule has 2 rings (SSSR count). The molecule has 2 aromatic rings. The van der Waals surface area contributed by atoms with Gasteiger partial charge >= 0.3 is 5.97 Å². The van der Waals surface area contributed by atoms with Crippen LogP contribution in [0.25, 0.3) is 0 Å². The maximum atomic E-state index is 12.2. The molecule has 0 atom stereocenters. The van der Waals surface area contributed by atoms with E-state index in [1.807, 2.05) is 26.0 Å². The molecule has 2 aromatic carbocycles. The largest absolute Gasteiger partial charge is 0.494 e. The summed E-state index contributed by atoms with van der Waals surface area (Å²) in [6.45, 7) is 3.83. The number of hydrogen-bond donors (Lipinski definition) is 1. The predicted octanol–water partition coefficient (Wildman–Crippen LogP) is 2.74. The Morgan fingerprint density at radius 1 is 0.966 bits per heavy atom. The van der Waals surface area contributed by atoms with Gasteiger partial charge in [0.2, 0.25) is 10.0 Å². The molecule has 0 amide bonds. The Morgan fingerprint density at radius 2 is 1.62 bits per heavy atom. The van der Waals surface area contributed by atoms with Crippen LogP contribution in [0.4, 0.5) is 0 Å². The van der Waals surface area contributed by atoms with E-state index in [2.05, 4.69) is 4.72 Å². The van der Waals surface area contributed by atoms with Gasteiger partial charge < -0.3 is 9.47 Å². The Hall–Kier alpha value is -2.71. The second-order valence-electron chi connectivity index (χ2n) is 6.19. The lowest BCUT2D eigenvalue weighted by Crippen LogP contribution is -2.27. The Kier molecular flexibility index (Phi) is 8.35. The van der Waals surface area contributed by atoms with E-state index in [0.717, 1.165) is 12.0 Å². The van der Waals surface area contributed by atoms with Crippen LogP contribution in [0.3, 0.4) is 0 Å². The number of benzene rings is 2. The molecule has 0 saturated carbocycles. The van der Waals surface area contributed by atoms with E-state index in [9.17, 15) is 18.0 Å². The monoisotopic (exact) mass is 419 g/mol. The van der Waals surface area contributed by atoms with E-state index >= 15 is 0 Å². The number of carbonyl (C=O) groups excluding carboxylic acids is 2. The zero-order chi connectivity index (χ0) is 21.3. The Bertz CT molecular complexity index is 921. The number of carbonyl (C=O) groups is 2. The first-order valence-corrected chi connectivity index (χ1v) is 10.8. The average Bonchev–Trinajstić information content (AvgIpc) is 2.72. The van der Waals surface area contributed by atoms with E-state index in [-0.39, 0.29) is 30.3 Å². The van der Waals surface area contributed by atoms with Crippen molar-refractivity contribution in [3.05, 3.63) is 59.7 Å². The van der Waals surface area contributed by atoms with E-state index in [1.54, 1.807) is 24.3 Å². The third kappa shape index (κ3) is 6.99. The van der Waals surface area contributed by atoms with E-state index in [0.29, 0.717) is 17.9 Å². The first-order valence-electron chi connectivity index (χ1n) is 9.36. The molecule has 156 valence electrons. The van der Waals surface area contributed by atoms with Crippen molar-refractivity contribution in [1.29, 1.82) is 0 Å². The number of Topliss-reactive ketones (excluding diaryl/α,β-unsaturated/α-hetero) is 1. The molecule has 29 heavy (non-hydrogen) atoms. The molecule has 0 heterocycles. The molecule has 1 N–H and O–H groups in total. The summed E-state index contributed by atoms with van der Waals surface area (Å²) in [5, 5.41) is 0. The number of ether oxygens (including phenoxy) is 2. The predicted molar refractivity (Wildman–Crippen MR) is 109 cm³/mol. The number of hydrogen-bond acceptors (Lipinski definition) is 6. The summed E-state index contributed by atoms with van der Waals surface area (Å²) in [7, 11) is -3.75. The molecular weight excluding hydrogens is 394 g/mol. The van der Waals surface area contributed by atoms with Gasteiger partial charge in [-0.2, -0.15) is 0 Å². The zero-order valence-electron chi connectivity index (χ0n) is 16.5.